The van der Waals surface area contributed by atoms with Crippen molar-refractivity contribution in [2.45, 2.75) is 84.4 Å². The van der Waals surface area contributed by atoms with Gasteiger partial charge in [-0.3, -0.25) is 24.6 Å². The molecule has 0 radical (unpaired) electrons. The Labute approximate surface area is 306 Å². The molecule has 0 bridgehead atoms. The van der Waals surface area contributed by atoms with E-state index < -0.39 is 16.7 Å². The molecule has 11 heteroatoms. The summed E-state index contributed by atoms with van der Waals surface area (Å²) in [5.41, 5.74) is 0.394. The van der Waals surface area contributed by atoms with Crippen molar-refractivity contribution in [2.24, 2.45) is 4.99 Å². The number of benzene rings is 2. The number of carbonyl (C=O) groups excluding carboxylic acids is 2. The number of esters is 1. The molecule has 5 rings (SSSR count). The number of piperazine rings is 1. The summed E-state index contributed by atoms with van der Waals surface area (Å²) in [6, 6.07) is 17.0. The van der Waals surface area contributed by atoms with Gasteiger partial charge in [-0.25, -0.2) is 4.79 Å². The van der Waals surface area contributed by atoms with E-state index in [2.05, 4.69) is 27.7 Å². The maximum Gasteiger partial charge on any atom is 0.326 e. The molecule has 268 valence electrons. The van der Waals surface area contributed by atoms with E-state index in [1.807, 2.05) is 104 Å². The molecule has 2 amide bonds. The summed E-state index contributed by atoms with van der Waals surface area (Å²) in [5, 5.41) is 1.19. The summed E-state index contributed by atoms with van der Waals surface area (Å²) in [7, 11) is 0. The van der Waals surface area contributed by atoms with Gasteiger partial charge in [0.25, 0.3) is 0 Å². The first-order valence-corrected chi connectivity index (χ1v) is 17.9. The quantitative estimate of drug-likeness (QED) is 0.230. The molecular weight excluding hydrogens is 673 g/mol. The van der Waals surface area contributed by atoms with Gasteiger partial charge in [-0.15, -0.1) is 0 Å². The first kappa shape index (κ1) is 37.6. The highest BCUT2D eigenvalue weighted by Gasteiger charge is 2.60. The number of halogens is 2. The number of hydrogen-bond donors (Lipinski definition) is 0. The second-order valence-electron chi connectivity index (χ2n) is 15.3. The van der Waals surface area contributed by atoms with E-state index in [0.29, 0.717) is 60.0 Å². The zero-order valence-corrected chi connectivity index (χ0v) is 32.2. The third-order valence-corrected chi connectivity index (χ3v) is 10.0. The molecule has 3 heterocycles. The lowest BCUT2D eigenvalue weighted by atomic mass is 9.71. The minimum Gasteiger partial charge on any atom is -0.493 e. The average Bonchev–Trinajstić information content (AvgIpc) is 3.28. The van der Waals surface area contributed by atoms with Crippen molar-refractivity contribution in [1.29, 1.82) is 0 Å². The second-order valence-corrected chi connectivity index (χ2v) is 16.2. The van der Waals surface area contributed by atoms with Crippen LogP contribution in [0.15, 0.2) is 65.8 Å². The smallest absolute Gasteiger partial charge is 0.326 e. The van der Waals surface area contributed by atoms with Crippen molar-refractivity contribution in [3.05, 3.63) is 93.2 Å². The highest BCUT2D eigenvalue weighted by molar-refractivity contribution is 6.30. The first-order valence-electron chi connectivity index (χ1n) is 17.2. The molecule has 0 unspecified atom stereocenters. The van der Waals surface area contributed by atoms with Gasteiger partial charge in [-0.2, -0.15) is 0 Å². The molecule has 1 saturated heterocycles. The molecule has 3 aromatic rings. The molecule has 2 aromatic carbocycles. The number of pyridine rings is 1. The fourth-order valence-corrected chi connectivity index (χ4v) is 6.90. The van der Waals surface area contributed by atoms with Crippen molar-refractivity contribution < 1.29 is 19.1 Å². The van der Waals surface area contributed by atoms with E-state index in [1.54, 1.807) is 6.20 Å². The number of amides is 2. The number of hydrogen-bond acceptors (Lipinski definition) is 7. The van der Waals surface area contributed by atoms with Crippen molar-refractivity contribution >= 4 is 41.0 Å². The largest absolute Gasteiger partial charge is 0.493 e. The van der Waals surface area contributed by atoms with Crippen LogP contribution in [-0.2, 0) is 26.0 Å². The van der Waals surface area contributed by atoms with Crippen LogP contribution < -0.4 is 4.74 Å². The van der Waals surface area contributed by atoms with Crippen molar-refractivity contribution in [1.82, 2.24) is 19.7 Å². The van der Waals surface area contributed by atoms with Crippen molar-refractivity contribution in [2.75, 3.05) is 39.3 Å². The van der Waals surface area contributed by atoms with Gasteiger partial charge in [0, 0.05) is 59.6 Å². The molecule has 0 saturated carbocycles. The summed E-state index contributed by atoms with van der Waals surface area (Å²) in [5.74, 6) is 0.775. The van der Waals surface area contributed by atoms with Gasteiger partial charge in [0.1, 0.15) is 28.3 Å². The van der Waals surface area contributed by atoms with Crippen LogP contribution >= 0.6 is 23.2 Å². The lowest BCUT2D eigenvalue weighted by molar-refractivity contribution is -0.156. The van der Waals surface area contributed by atoms with Gasteiger partial charge >= 0.3 is 12.0 Å². The fourth-order valence-electron chi connectivity index (χ4n) is 6.65. The average molecular weight is 723 g/mol. The van der Waals surface area contributed by atoms with Crippen molar-refractivity contribution in [3.8, 4) is 5.75 Å². The summed E-state index contributed by atoms with van der Waals surface area (Å²) in [6.45, 7) is 20.4. The van der Waals surface area contributed by atoms with Gasteiger partial charge in [0.2, 0.25) is 0 Å². The number of rotatable bonds is 7. The predicted molar refractivity (Wildman–Crippen MR) is 199 cm³/mol. The normalized spacial score (nSPS) is 21.6. The van der Waals surface area contributed by atoms with Crippen LogP contribution in [0.3, 0.4) is 0 Å². The van der Waals surface area contributed by atoms with Crippen LogP contribution in [0.1, 0.15) is 84.7 Å². The number of nitrogens with zero attached hydrogens (tertiary/aromatic N) is 5. The monoisotopic (exact) mass is 721 g/mol. The van der Waals surface area contributed by atoms with Crippen LogP contribution in [0, 0.1) is 0 Å². The molecule has 2 aliphatic heterocycles. The summed E-state index contributed by atoms with van der Waals surface area (Å²) < 4.78 is 11.8. The Balaban J connectivity index is 1.64. The third-order valence-electron chi connectivity index (χ3n) is 9.53. The molecule has 0 N–H and O–H groups in total. The Bertz CT molecular complexity index is 1740. The lowest BCUT2D eigenvalue weighted by Gasteiger charge is -2.47. The van der Waals surface area contributed by atoms with E-state index in [4.69, 9.17) is 42.7 Å². The number of carbonyl (C=O) groups is 2. The number of amidine groups is 1. The SMILES string of the molecule is CCOc1cc(C(C)(C)C)ncc1C1=N[C@@](C)(c2ccc(Cl)cc2)[C@@](C)(c2ccc(Cl)cc2)N1C(=O)N1CCN(CC(=O)OC(C)(C)C)CC1. The number of aromatic nitrogens is 1. The lowest BCUT2D eigenvalue weighted by Crippen LogP contribution is -2.61. The van der Waals surface area contributed by atoms with Gasteiger partial charge in [0.05, 0.1) is 18.7 Å². The highest BCUT2D eigenvalue weighted by Crippen LogP contribution is 2.54. The minimum atomic E-state index is -1.04. The standard InChI is InChI=1S/C39H49Cl2N5O4/c1-10-49-31-23-32(36(2,3)4)42-24-30(31)34-43-38(8,26-11-15-28(40)16-12-26)39(9,27-13-17-29(41)18-14-27)46(34)35(48)45-21-19-44(20-22-45)25-33(47)50-37(5,6)7/h11-18,23-24H,10,19-22,25H2,1-9H3/t38-,39+/m0/s1. The number of urea groups is 1. The predicted octanol–water partition coefficient (Wildman–Crippen LogP) is 8.06. The van der Waals surface area contributed by atoms with E-state index in [1.165, 1.54) is 0 Å². The van der Waals surface area contributed by atoms with Crippen LogP contribution in [-0.4, -0.2) is 82.5 Å². The molecule has 9 nitrogen and oxygen atoms in total. The zero-order valence-electron chi connectivity index (χ0n) is 30.6. The van der Waals surface area contributed by atoms with Crippen LogP contribution in [0.25, 0.3) is 0 Å². The maximum absolute atomic E-state index is 15.2. The van der Waals surface area contributed by atoms with Gasteiger partial charge in [0.15, 0.2) is 0 Å². The minimum absolute atomic E-state index is 0.163. The van der Waals surface area contributed by atoms with Gasteiger partial charge < -0.3 is 14.4 Å². The Kier molecular flexibility index (Phi) is 10.6. The van der Waals surface area contributed by atoms with Gasteiger partial charge in [-0.05, 0) is 76.9 Å². The third kappa shape index (κ3) is 7.51. The zero-order chi connectivity index (χ0) is 36.6. The van der Waals surface area contributed by atoms with E-state index in [-0.39, 0.29) is 24.0 Å². The molecule has 0 spiro atoms. The Hall–Kier alpha value is -3.66. The summed E-state index contributed by atoms with van der Waals surface area (Å²) >= 11 is 12.8. The van der Waals surface area contributed by atoms with Gasteiger partial charge in [-0.1, -0.05) is 68.2 Å². The Morgan fingerprint density at radius 1 is 0.860 bits per heavy atom. The molecule has 0 aliphatic carbocycles. The fraction of sp³-hybridized carbons (Fsp3) is 0.487. The Morgan fingerprint density at radius 2 is 1.42 bits per heavy atom. The van der Waals surface area contributed by atoms with Crippen molar-refractivity contribution in [3.63, 3.8) is 0 Å². The molecule has 50 heavy (non-hydrogen) atoms. The van der Waals surface area contributed by atoms with E-state index >= 15 is 4.79 Å². The van der Waals surface area contributed by atoms with Crippen LogP contribution in [0.5, 0.6) is 5.75 Å². The topological polar surface area (TPSA) is 87.6 Å². The highest BCUT2D eigenvalue weighted by atomic mass is 35.5. The molecular formula is C39H49Cl2N5O4. The van der Waals surface area contributed by atoms with Crippen LogP contribution in [0.4, 0.5) is 4.79 Å². The maximum atomic E-state index is 15.2. The first-order chi connectivity index (χ1) is 23.4. The summed E-state index contributed by atoms with van der Waals surface area (Å²) in [4.78, 5) is 43.8. The van der Waals surface area contributed by atoms with E-state index in [0.717, 1.165) is 16.8 Å². The molecule has 1 aromatic heterocycles. The second kappa shape index (κ2) is 14.2. The summed E-state index contributed by atoms with van der Waals surface area (Å²) in [6.07, 6.45) is 1.78. The molecule has 2 aliphatic rings. The Morgan fingerprint density at radius 3 is 1.94 bits per heavy atom. The molecule has 1 fully saturated rings. The van der Waals surface area contributed by atoms with E-state index in [9.17, 15) is 4.79 Å². The number of aliphatic imine (C=N–C) groups is 1. The number of ether oxygens (including phenoxy) is 2. The van der Waals surface area contributed by atoms with Crippen LogP contribution in [0.2, 0.25) is 10.0 Å². The molecule has 2 atom stereocenters.